The number of nitrogens with zero attached hydrogens (tertiary/aromatic N) is 3. The predicted molar refractivity (Wildman–Crippen MR) is 104 cm³/mol. The number of nitrogen functional groups attached to an aromatic ring is 1. The third kappa shape index (κ3) is 5.44. The van der Waals surface area contributed by atoms with Gasteiger partial charge in [-0.2, -0.15) is 0 Å². The van der Waals surface area contributed by atoms with E-state index >= 15 is 0 Å². The summed E-state index contributed by atoms with van der Waals surface area (Å²) in [6, 6.07) is 9.31. The highest BCUT2D eigenvalue weighted by atomic mass is 16.5. The van der Waals surface area contributed by atoms with Crippen LogP contribution in [0.3, 0.4) is 0 Å². The van der Waals surface area contributed by atoms with Gasteiger partial charge in [0.05, 0.1) is 12.3 Å². The maximum Gasteiger partial charge on any atom is 0.272 e. The first-order valence-corrected chi connectivity index (χ1v) is 9.11. The molecule has 1 amide bonds. The summed E-state index contributed by atoms with van der Waals surface area (Å²) in [4.78, 5) is 22.0. The highest BCUT2D eigenvalue weighted by molar-refractivity contribution is 5.93. The number of carbonyl (C=O) groups excluding carboxylic acids is 1. The summed E-state index contributed by atoms with van der Waals surface area (Å²) in [5, 5.41) is 0. The normalized spacial score (nSPS) is 10.6. The summed E-state index contributed by atoms with van der Waals surface area (Å²) < 4.78 is 5.96. The summed E-state index contributed by atoms with van der Waals surface area (Å²) in [5.41, 5.74) is 7.48. The molecule has 2 N–H and O–H groups in total. The van der Waals surface area contributed by atoms with Crippen molar-refractivity contribution in [2.75, 3.05) is 26.4 Å². The quantitative estimate of drug-likeness (QED) is 0.692. The first-order chi connectivity index (χ1) is 12.5. The van der Waals surface area contributed by atoms with Crippen LogP contribution < -0.4 is 10.5 Å². The lowest BCUT2D eigenvalue weighted by atomic mass is 10.1. The van der Waals surface area contributed by atoms with E-state index in [9.17, 15) is 4.79 Å². The van der Waals surface area contributed by atoms with Gasteiger partial charge in [0.2, 0.25) is 5.95 Å². The zero-order valence-corrected chi connectivity index (χ0v) is 15.9. The molecule has 0 spiro atoms. The molecular formula is C20H28N4O2. The van der Waals surface area contributed by atoms with E-state index in [1.54, 1.807) is 20.2 Å². The smallest absolute Gasteiger partial charge is 0.272 e. The van der Waals surface area contributed by atoms with Gasteiger partial charge in [-0.05, 0) is 24.6 Å². The molecule has 0 fully saturated rings. The third-order valence-electron chi connectivity index (χ3n) is 4.04. The van der Waals surface area contributed by atoms with Crippen LogP contribution in [0, 0.1) is 0 Å². The van der Waals surface area contributed by atoms with Crippen LogP contribution in [0.1, 0.15) is 49.5 Å². The van der Waals surface area contributed by atoms with Crippen LogP contribution in [0.2, 0.25) is 0 Å². The van der Waals surface area contributed by atoms with Crippen molar-refractivity contribution >= 4 is 11.9 Å². The molecule has 1 aromatic heterocycles. The van der Waals surface area contributed by atoms with Gasteiger partial charge in [0, 0.05) is 19.7 Å². The minimum absolute atomic E-state index is 0.0714. The molecule has 0 saturated heterocycles. The molecule has 0 aliphatic heterocycles. The van der Waals surface area contributed by atoms with Crippen molar-refractivity contribution in [1.29, 1.82) is 0 Å². The molecule has 1 heterocycles. The number of unbranched alkanes of at least 4 members (excludes halogenated alkanes) is 4. The molecule has 1 aromatic carbocycles. The highest BCUT2D eigenvalue weighted by Crippen LogP contribution is 2.29. The molecule has 0 atom stereocenters. The van der Waals surface area contributed by atoms with Crippen molar-refractivity contribution in [1.82, 2.24) is 14.9 Å². The summed E-state index contributed by atoms with van der Waals surface area (Å²) in [6.45, 7) is 2.86. The van der Waals surface area contributed by atoms with Gasteiger partial charge in [-0.3, -0.25) is 4.79 Å². The van der Waals surface area contributed by atoms with E-state index < -0.39 is 0 Å². The van der Waals surface area contributed by atoms with Crippen molar-refractivity contribution < 1.29 is 9.53 Å². The fraction of sp³-hybridized carbons (Fsp3) is 0.450. The van der Waals surface area contributed by atoms with Crippen LogP contribution in [-0.4, -0.2) is 41.5 Å². The van der Waals surface area contributed by atoms with E-state index in [1.807, 2.05) is 24.3 Å². The van der Waals surface area contributed by atoms with E-state index in [4.69, 9.17) is 10.5 Å². The van der Waals surface area contributed by atoms with Gasteiger partial charge in [-0.15, -0.1) is 0 Å². The van der Waals surface area contributed by atoms with E-state index in [1.165, 1.54) is 24.2 Å². The Kier molecular flexibility index (Phi) is 7.38. The lowest BCUT2D eigenvalue weighted by Crippen LogP contribution is -2.23. The second-order valence-electron chi connectivity index (χ2n) is 6.46. The Labute approximate surface area is 155 Å². The zero-order valence-electron chi connectivity index (χ0n) is 15.9. The molecular weight excluding hydrogens is 328 g/mol. The fourth-order valence-electron chi connectivity index (χ4n) is 2.63. The zero-order chi connectivity index (χ0) is 18.9. The molecule has 2 rings (SSSR count). The number of rotatable bonds is 9. The number of amides is 1. The largest absolute Gasteiger partial charge is 0.493 e. The summed E-state index contributed by atoms with van der Waals surface area (Å²) >= 11 is 0. The second kappa shape index (κ2) is 9.75. The van der Waals surface area contributed by atoms with Crippen LogP contribution in [0.15, 0.2) is 30.3 Å². The van der Waals surface area contributed by atoms with Crippen molar-refractivity contribution in [3.05, 3.63) is 36.0 Å². The number of hydrogen-bond acceptors (Lipinski definition) is 5. The van der Waals surface area contributed by atoms with Crippen molar-refractivity contribution in [3.8, 4) is 17.0 Å². The summed E-state index contributed by atoms with van der Waals surface area (Å²) in [6.07, 6.45) is 5.91. The number of para-hydroxylation sites is 1. The third-order valence-corrected chi connectivity index (χ3v) is 4.04. The maximum atomic E-state index is 12.2. The molecule has 6 nitrogen and oxygen atoms in total. The van der Waals surface area contributed by atoms with Crippen LogP contribution in [0.25, 0.3) is 11.3 Å². The number of nitrogens with two attached hydrogens (primary N) is 1. The Morgan fingerprint density at radius 3 is 2.58 bits per heavy atom. The van der Waals surface area contributed by atoms with Crippen LogP contribution in [-0.2, 0) is 0 Å². The van der Waals surface area contributed by atoms with Gasteiger partial charge in [-0.1, -0.05) is 44.7 Å². The van der Waals surface area contributed by atoms with Gasteiger partial charge in [0.15, 0.2) is 0 Å². The van der Waals surface area contributed by atoms with E-state index in [0.29, 0.717) is 12.3 Å². The Hall–Kier alpha value is -2.63. The number of anilines is 1. The average molecular weight is 356 g/mol. The van der Waals surface area contributed by atoms with Gasteiger partial charge in [-0.25, -0.2) is 9.97 Å². The van der Waals surface area contributed by atoms with Crippen LogP contribution >= 0.6 is 0 Å². The molecule has 140 valence electrons. The monoisotopic (exact) mass is 356 g/mol. The van der Waals surface area contributed by atoms with Gasteiger partial charge >= 0.3 is 0 Å². The number of benzene rings is 1. The van der Waals surface area contributed by atoms with Crippen LogP contribution in [0.4, 0.5) is 5.95 Å². The first-order valence-electron chi connectivity index (χ1n) is 9.11. The number of ether oxygens (including phenoxy) is 1. The fourth-order valence-corrected chi connectivity index (χ4v) is 2.63. The lowest BCUT2D eigenvalue weighted by Gasteiger charge is -2.13. The molecule has 0 aliphatic carbocycles. The van der Waals surface area contributed by atoms with Crippen molar-refractivity contribution in [3.63, 3.8) is 0 Å². The molecule has 0 unspecified atom stereocenters. The predicted octanol–water partition coefficient (Wildman–Crippen LogP) is 3.78. The molecule has 0 saturated carbocycles. The van der Waals surface area contributed by atoms with E-state index in [-0.39, 0.29) is 17.5 Å². The maximum absolute atomic E-state index is 12.2. The molecule has 0 bridgehead atoms. The SMILES string of the molecule is CCCCCCCOc1ccccc1-c1cc(C(=O)N(C)C)nc(N)n1. The number of hydrogen-bond donors (Lipinski definition) is 1. The molecule has 6 heteroatoms. The standard InChI is InChI=1S/C20H28N4O2/c1-4-5-6-7-10-13-26-18-12-9-8-11-15(18)16-14-17(19(25)24(2)3)23-20(21)22-16/h8-9,11-12,14H,4-7,10,13H2,1-3H3,(H2,21,22,23). The Morgan fingerprint density at radius 2 is 1.85 bits per heavy atom. The Morgan fingerprint density at radius 1 is 1.12 bits per heavy atom. The Balaban J connectivity index is 2.17. The number of carbonyl (C=O) groups is 1. The topological polar surface area (TPSA) is 81.3 Å². The van der Waals surface area contributed by atoms with Gasteiger partial charge in [0.25, 0.3) is 5.91 Å². The van der Waals surface area contributed by atoms with Gasteiger partial charge in [0.1, 0.15) is 11.4 Å². The lowest BCUT2D eigenvalue weighted by molar-refractivity contribution is 0.0822. The Bertz CT molecular complexity index is 732. The molecule has 0 aliphatic rings. The van der Waals surface area contributed by atoms with Crippen LogP contribution in [0.5, 0.6) is 5.75 Å². The molecule has 2 aromatic rings. The minimum atomic E-state index is -0.213. The average Bonchev–Trinajstić information content (AvgIpc) is 2.63. The second-order valence-corrected chi connectivity index (χ2v) is 6.46. The highest BCUT2D eigenvalue weighted by Gasteiger charge is 2.15. The van der Waals surface area contributed by atoms with Crippen molar-refractivity contribution in [2.24, 2.45) is 0 Å². The van der Waals surface area contributed by atoms with E-state index in [2.05, 4.69) is 16.9 Å². The molecule has 0 radical (unpaired) electrons. The minimum Gasteiger partial charge on any atom is -0.493 e. The van der Waals surface area contributed by atoms with E-state index in [0.717, 1.165) is 24.2 Å². The number of aromatic nitrogens is 2. The summed E-state index contributed by atoms with van der Waals surface area (Å²) in [7, 11) is 3.35. The summed E-state index contributed by atoms with van der Waals surface area (Å²) in [5.74, 6) is 0.598. The van der Waals surface area contributed by atoms with Gasteiger partial charge < -0.3 is 15.4 Å². The van der Waals surface area contributed by atoms with Crippen molar-refractivity contribution in [2.45, 2.75) is 39.0 Å². The molecule has 26 heavy (non-hydrogen) atoms. The first kappa shape index (κ1) is 19.7.